The molecule has 0 aromatic heterocycles. The second-order valence-electron chi connectivity index (χ2n) is 10.3. The molecule has 0 radical (unpaired) electrons. The van der Waals surface area contributed by atoms with E-state index in [1.165, 1.54) is 6.08 Å². The van der Waals surface area contributed by atoms with Crippen LogP contribution in [0.5, 0.6) is 11.5 Å². The van der Waals surface area contributed by atoms with Crippen LogP contribution in [-0.2, 0) is 23.0 Å². The minimum absolute atomic E-state index is 0.0309. The highest BCUT2D eigenvalue weighted by Crippen LogP contribution is 2.44. The van der Waals surface area contributed by atoms with Crippen LogP contribution in [0.2, 0.25) is 0 Å². The third-order valence-corrected chi connectivity index (χ3v) is 8.14. The van der Waals surface area contributed by atoms with E-state index in [0.717, 1.165) is 67.7 Å². The van der Waals surface area contributed by atoms with Gasteiger partial charge in [0.25, 0.3) is 10.1 Å². The molecule has 38 heavy (non-hydrogen) atoms. The summed E-state index contributed by atoms with van der Waals surface area (Å²) in [5, 5.41) is 22.6. The van der Waals surface area contributed by atoms with Crippen molar-refractivity contribution >= 4 is 20.9 Å². The van der Waals surface area contributed by atoms with Gasteiger partial charge in [0.1, 0.15) is 24.7 Å². The van der Waals surface area contributed by atoms with Gasteiger partial charge in [0, 0.05) is 28.3 Å². The summed E-state index contributed by atoms with van der Waals surface area (Å²) in [5.74, 6) is 1.10. The van der Waals surface area contributed by atoms with E-state index >= 15 is 0 Å². The van der Waals surface area contributed by atoms with Crippen molar-refractivity contribution in [2.45, 2.75) is 103 Å². The van der Waals surface area contributed by atoms with Gasteiger partial charge in [0.2, 0.25) is 0 Å². The predicted octanol–water partition coefficient (Wildman–Crippen LogP) is 6.13. The van der Waals surface area contributed by atoms with Gasteiger partial charge in [0.05, 0.1) is 17.1 Å². The number of fused-ring (bicyclic) bond motifs is 2. The molecule has 8 heteroatoms. The molecule has 2 aromatic rings. The van der Waals surface area contributed by atoms with Crippen LogP contribution < -0.4 is 9.47 Å². The van der Waals surface area contributed by atoms with E-state index in [9.17, 15) is 23.2 Å². The fourth-order valence-electron chi connectivity index (χ4n) is 5.01. The molecule has 1 aliphatic rings. The number of ether oxygens (including phenoxy) is 2. The third kappa shape index (κ3) is 8.43. The Bertz CT molecular complexity index is 1170. The summed E-state index contributed by atoms with van der Waals surface area (Å²) in [6, 6.07) is 7.58. The van der Waals surface area contributed by atoms with Crippen LogP contribution in [-0.4, -0.2) is 48.6 Å². The van der Waals surface area contributed by atoms with Gasteiger partial charge in [0.15, 0.2) is 0 Å². The van der Waals surface area contributed by atoms with Gasteiger partial charge in [-0.3, -0.25) is 4.55 Å². The number of hydrogen-bond donors (Lipinski definition) is 3. The molecular formula is C30H44O7S. The fourth-order valence-corrected chi connectivity index (χ4v) is 5.63. The number of aliphatic hydroxyl groups is 2. The Morgan fingerprint density at radius 2 is 1.29 bits per heavy atom. The average Bonchev–Trinajstić information content (AvgIpc) is 2.90. The minimum atomic E-state index is -4.37. The van der Waals surface area contributed by atoms with Crippen molar-refractivity contribution in [1.82, 2.24) is 0 Å². The monoisotopic (exact) mass is 548 g/mol. The number of hydrogen-bond acceptors (Lipinski definition) is 6. The molecule has 0 aliphatic heterocycles. The lowest BCUT2D eigenvalue weighted by Crippen LogP contribution is -2.21. The predicted molar refractivity (Wildman–Crippen MR) is 152 cm³/mol. The Morgan fingerprint density at radius 3 is 1.76 bits per heavy atom. The van der Waals surface area contributed by atoms with Gasteiger partial charge in [-0.05, 0) is 19.3 Å². The van der Waals surface area contributed by atoms with Crippen molar-refractivity contribution in [3.63, 3.8) is 0 Å². The first kappa shape index (κ1) is 30.4. The maximum absolute atomic E-state index is 12.0. The van der Waals surface area contributed by atoms with E-state index in [1.807, 2.05) is 24.3 Å². The molecule has 2 aromatic carbocycles. The lowest BCUT2D eigenvalue weighted by atomic mass is 9.90. The van der Waals surface area contributed by atoms with Crippen molar-refractivity contribution in [3.05, 3.63) is 46.4 Å². The Labute approximate surface area is 227 Å². The molecule has 2 unspecified atom stereocenters. The van der Waals surface area contributed by atoms with Crippen molar-refractivity contribution < 1.29 is 32.7 Å². The highest BCUT2D eigenvalue weighted by molar-refractivity contribution is 7.89. The summed E-state index contributed by atoms with van der Waals surface area (Å²) in [5.41, 5.74) is 1.41. The molecule has 0 spiro atoms. The van der Waals surface area contributed by atoms with Crippen LogP contribution in [0.15, 0.2) is 35.2 Å². The van der Waals surface area contributed by atoms with Gasteiger partial charge in [-0.1, -0.05) is 95.6 Å². The van der Waals surface area contributed by atoms with Crippen LogP contribution in [0, 0.1) is 0 Å². The highest BCUT2D eigenvalue weighted by Gasteiger charge is 2.29. The van der Waals surface area contributed by atoms with Crippen molar-refractivity contribution in [2.24, 2.45) is 0 Å². The summed E-state index contributed by atoms with van der Waals surface area (Å²) in [6.45, 7) is 4.51. The zero-order chi connectivity index (χ0) is 27.5. The Morgan fingerprint density at radius 1 is 0.789 bits per heavy atom. The molecule has 0 saturated carbocycles. The molecule has 0 amide bonds. The standard InChI is InChI=1S/C30H44O7S/c1-3-5-7-9-13-22(31)20-36-29-25-15-11-12-16-26(25)30(37-21-23(32)14-10-8-6-4-2)28-19-24(38(33,34)35)17-18-27(28)29/h11-12,15-17,22-23,31-32H,3-10,13-14,18-21H2,1-2H3,(H,33,34,35). The first-order valence-electron chi connectivity index (χ1n) is 14.1. The summed E-state index contributed by atoms with van der Waals surface area (Å²) >= 11 is 0. The van der Waals surface area contributed by atoms with E-state index in [4.69, 9.17) is 9.47 Å². The second kappa shape index (κ2) is 14.9. The summed E-state index contributed by atoms with van der Waals surface area (Å²) in [7, 11) is -4.37. The van der Waals surface area contributed by atoms with Gasteiger partial charge >= 0.3 is 0 Å². The maximum atomic E-state index is 12.0. The van der Waals surface area contributed by atoms with E-state index in [2.05, 4.69) is 13.8 Å². The molecule has 0 bridgehead atoms. The smallest absolute Gasteiger partial charge is 0.290 e. The maximum Gasteiger partial charge on any atom is 0.290 e. The van der Waals surface area contributed by atoms with Gasteiger partial charge in [-0.25, -0.2) is 0 Å². The normalized spacial score (nSPS) is 15.1. The molecule has 7 nitrogen and oxygen atoms in total. The quantitative estimate of drug-likeness (QED) is 0.161. The second-order valence-corrected chi connectivity index (χ2v) is 11.8. The first-order chi connectivity index (χ1) is 18.3. The zero-order valence-corrected chi connectivity index (χ0v) is 23.6. The zero-order valence-electron chi connectivity index (χ0n) is 22.8. The van der Waals surface area contributed by atoms with Gasteiger partial charge in [-0.2, -0.15) is 8.42 Å². The number of rotatable bonds is 17. The van der Waals surface area contributed by atoms with Crippen LogP contribution >= 0.6 is 0 Å². The topological polar surface area (TPSA) is 113 Å². The molecule has 212 valence electrons. The fraction of sp³-hybridized carbons (Fsp3) is 0.600. The number of benzene rings is 2. The summed E-state index contributed by atoms with van der Waals surface area (Å²) < 4.78 is 46.2. The van der Waals surface area contributed by atoms with Crippen LogP contribution in [0.4, 0.5) is 0 Å². The van der Waals surface area contributed by atoms with E-state index in [-0.39, 0.29) is 31.0 Å². The third-order valence-electron chi connectivity index (χ3n) is 7.17. The van der Waals surface area contributed by atoms with E-state index in [1.54, 1.807) is 0 Å². The summed E-state index contributed by atoms with van der Waals surface area (Å²) in [4.78, 5) is -0.0767. The van der Waals surface area contributed by atoms with Crippen LogP contribution in [0.25, 0.3) is 10.8 Å². The Hall–Kier alpha value is -2.13. The van der Waals surface area contributed by atoms with Crippen molar-refractivity contribution in [1.29, 1.82) is 0 Å². The average molecular weight is 549 g/mol. The molecule has 3 N–H and O–H groups in total. The van der Waals surface area contributed by atoms with E-state index < -0.39 is 22.3 Å². The molecule has 1 aliphatic carbocycles. The number of allylic oxidation sites excluding steroid dienone is 2. The molecule has 2 atom stereocenters. The van der Waals surface area contributed by atoms with Crippen LogP contribution in [0.3, 0.4) is 0 Å². The molecule has 0 fully saturated rings. The van der Waals surface area contributed by atoms with Gasteiger partial charge < -0.3 is 19.7 Å². The molecule has 0 heterocycles. The first-order valence-corrected chi connectivity index (χ1v) is 15.5. The number of unbranched alkanes of at least 4 members (excludes halogenated alkanes) is 6. The lowest BCUT2D eigenvalue weighted by Gasteiger charge is -2.26. The van der Waals surface area contributed by atoms with Gasteiger partial charge in [-0.15, -0.1) is 0 Å². The van der Waals surface area contributed by atoms with Crippen molar-refractivity contribution in [2.75, 3.05) is 13.2 Å². The molecule has 0 saturated heterocycles. The highest BCUT2D eigenvalue weighted by atomic mass is 32.2. The summed E-state index contributed by atoms with van der Waals surface area (Å²) in [6.07, 6.45) is 10.3. The largest absolute Gasteiger partial charge is 0.490 e. The molecule has 3 rings (SSSR count). The van der Waals surface area contributed by atoms with E-state index in [0.29, 0.717) is 29.9 Å². The minimum Gasteiger partial charge on any atom is -0.490 e. The van der Waals surface area contributed by atoms with Crippen molar-refractivity contribution in [3.8, 4) is 11.5 Å². The lowest BCUT2D eigenvalue weighted by molar-refractivity contribution is 0.0960. The Kier molecular flexibility index (Phi) is 11.9. The SMILES string of the molecule is CCCCCCC(O)COc1c2c(c(OCC(O)CCCCCC)c3ccccc13)CC(S(=O)(=O)O)=CC2. The Balaban J connectivity index is 1.90. The molecular weight excluding hydrogens is 504 g/mol. The van der Waals surface area contributed by atoms with Crippen LogP contribution in [0.1, 0.15) is 89.2 Å². The number of aliphatic hydroxyl groups excluding tert-OH is 2.